The number of aromatic nitrogens is 4. The Morgan fingerprint density at radius 3 is 2.55 bits per heavy atom. The first-order chi connectivity index (χ1) is 16.0. The topological polar surface area (TPSA) is 150 Å². The van der Waals surface area contributed by atoms with Gasteiger partial charge in [0.15, 0.2) is 6.61 Å². The van der Waals surface area contributed by atoms with E-state index in [0.717, 1.165) is 10.5 Å². The highest BCUT2D eigenvalue weighted by Crippen LogP contribution is 2.39. The van der Waals surface area contributed by atoms with Crippen molar-refractivity contribution >= 4 is 29.3 Å². The van der Waals surface area contributed by atoms with Crippen LogP contribution in [0.3, 0.4) is 0 Å². The lowest BCUT2D eigenvalue weighted by molar-refractivity contribution is -0.139. The molecular formula is C22H17N5O5S. The molecule has 0 saturated heterocycles. The predicted molar refractivity (Wildman–Crippen MR) is 119 cm³/mol. The summed E-state index contributed by atoms with van der Waals surface area (Å²) in [5.41, 5.74) is 1.60. The molecule has 0 saturated carbocycles. The third-order valence-corrected chi connectivity index (χ3v) is 5.52. The van der Waals surface area contributed by atoms with E-state index < -0.39 is 12.6 Å². The molecule has 0 radical (unpaired) electrons. The highest BCUT2D eigenvalue weighted by Gasteiger charge is 2.15. The molecule has 0 atom stereocenters. The molecule has 0 aliphatic carbocycles. The van der Waals surface area contributed by atoms with Crippen LogP contribution in [0.2, 0.25) is 0 Å². The SMILES string of the molecule is O=C(O)COc1ccc(C(=O)Nc2ccc(O)cc2Sc2ccccc2-c2nn[nH]n2)cc1. The summed E-state index contributed by atoms with van der Waals surface area (Å²) in [5.74, 6) is -0.650. The fraction of sp³-hybridized carbons (Fsp3) is 0.0455. The van der Waals surface area contributed by atoms with Crippen LogP contribution in [0, 0.1) is 0 Å². The number of anilines is 1. The van der Waals surface area contributed by atoms with Gasteiger partial charge in [-0.05, 0) is 59.8 Å². The fourth-order valence-corrected chi connectivity index (χ4v) is 3.94. The molecule has 0 spiro atoms. The molecule has 0 aliphatic heterocycles. The number of rotatable bonds is 8. The van der Waals surface area contributed by atoms with Gasteiger partial charge in [0.2, 0.25) is 5.82 Å². The van der Waals surface area contributed by atoms with E-state index >= 15 is 0 Å². The Kier molecular flexibility index (Phi) is 6.51. The molecule has 0 unspecified atom stereocenters. The number of amides is 1. The second-order valence-corrected chi connectivity index (χ2v) is 7.76. The van der Waals surface area contributed by atoms with Crippen LogP contribution in [0.15, 0.2) is 76.5 Å². The molecule has 0 bridgehead atoms. The zero-order valence-corrected chi connectivity index (χ0v) is 17.7. The minimum absolute atomic E-state index is 0.0486. The number of carboxylic acid groups (broad SMARTS) is 1. The largest absolute Gasteiger partial charge is 0.508 e. The van der Waals surface area contributed by atoms with Crippen molar-refractivity contribution in [1.82, 2.24) is 20.6 Å². The van der Waals surface area contributed by atoms with Gasteiger partial charge in [-0.1, -0.05) is 23.9 Å². The van der Waals surface area contributed by atoms with Gasteiger partial charge in [-0.25, -0.2) is 4.79 Å². The minimum Gasteiger partial charge on any atom is -0.508 e. The van der Waals surface area contributed by atoms with E-state index in [-0.39, 0.29) is 11.7 Å². The maximum atomic E-state index is 12.8. The molecule has 4 aromatic rings. The number of carboxylic acids is 1. The zero-order valence-electron chi connectivity index (χ0n) is 16.9. The van der Waals surface area contributed by atoms with Gasteiger partial charge in [-0.2, -0.15) is 5.21 Å². The van der Waals surface area contributed by atoms with Crippen LogP contribution in [0.4, 0.5) is 5.69 Å². The second-order valence-electron chi connectivity index (χ2n) is 6.68. The van der Waals surface area contributed by atoms with Crippen LogP contribution in [0.25, 0.3) is 11.4 Å². The minimum atomic E-state index is -1.09. The van der Waals surface area contributed by atoms with E-state index in [1.807, 2.05) is 24.3 Å². The van der Waals surface area contributed by atoms with Crippen molar-refractivity contribution in [2.45, 2.75) is 9.79 Å². The summed E-state index contributed by atoms with van der Waals surface area (Å²) >= 11 is 1.33. The molecule has 11 heteroatoms. The first-order valence-electron chi connectivity index (χ1n) is 9.59. The van der Waals surface area contributed by atoms with Crippen molar-refractivity contribution in [3.63, 3.8) is 0 Å². The van der Waals surface area contributed by atoms with Crippen molar-refractivity contribution in [3.8, 4) is 22.9 Å². The summed E-state index contributed by atoms with van der Waals surface area (Å²) in [4.78, 5) is 24.8. The van der Waals surface area contributed by atoms with E-state index in [9.17, 15) is 14.7 Å². The third kappa shape index (κ3) is 5.46. The maximum Gasteiger partial charge on any atom is 0.341 e. The Hall–Kier alpha value is -4.38. The molecule has 33 heavy (non-hydrogen) atoms. The Bertz CT molecular complexity index is 1280. The van der Waals surface area contributed by atoms with Gasteiger partial charge in [0.1, 0.15) is 11.5 Å². The van der Waals surface area contributed by atoms with Crippen molar-refractivity contribution in [2.75, 3.05) is 11.9 Å². The maximum absolute atomic E-state index is 12.8. The van der Waals surface area contributed by atoms with Crippen LogP contribution >= 0.6 is 11.8 Å². The fourth-order valence-electron chi connectivity index (χ4n) is 2.88. The first-order valence-corrected chi connectivity index (χ1v) is 10.4. The summed E-state index contributed by atoms with van der Waals surface area (Å²) in [6.07, 6.45) is 0. The summed E-state index contributed by atoms with van der Waals surface area (Å²) in [6, 6.07) is 18.2. The molecule has 0 aliphatic rings. The van der Waals surface area contributed by atoms with Crippen molar-refractivity contribution in [2.24, 2.45) is 0 Å². The first kappa shape index (κ1) is 21.8. The number of phenols is 1. The highest BCUT2D eigenvalue weighted by molar-refractivity contribution is 7.99. The number of hydrogen-bond donors (Lipinski definition) is 4. The number of nitrogens with zero attached hydrogens (tertiary/aromatic N) is 3. The van der Waals surface area contributed by atoms with Gasteiger partial charge in [0, 0.05) is 20.9 Å². The standard InChI is InChI=1S/C22H17N5O5S/c28-14-7-10-17(23-22(31)13-5-8-15(9-6-13)32-12-20(29)30)19(11-14)33-18-4-2-1-3-16(18)21-24-26-27-25-21/h1-11,28H,12H2,(H,23,31)(H,29,30)(H,24,25,26,27). The molecular weight excluding hydrogens is 446 g/mol. The van der Waals surface area contributed by atoms with E-state index in [1.165, 1.54) is 42.1 Å². The lowest BCUT2D eigenvalue weighted by atomic mass is 10.2. The average Bonchev–Trinajstić information content (AvgIpc) is 3.35. The number of nitrogens with one attached hydrogen (secondary N) is 2. The summed E-state index contributed by atoms with van der Waals surface area (Å²) in [5, 5.41) is 35.6. The highest BCUT2D eigenvalue weighted by atomic mass is 32.2. The molecule has 3 aromatic carbocycles. The number of phenolic OH excluding ortho intramolecular Hbond substituents is 1. The smallest absolute Gasteiger partial charge is 0.341 e. The predicted octanol–water partition coefficient (Wildman–Crippen LogP) is 3.44. The zero-order chi connectivity index (χ0) is 23.2. The summed E-state index contributed by atoms with van der Waals surface area (Å²) in [7, 11) is 0. The number of aromatic hydroxyl groups is 1. The quantitative estimate of drug-likeness (QED) is 0.288. The molecule has 1 heterocycles. The number of aliphatic carboxylic acids is 1. The molecule has 0 fully saturated rings. The number of ether oxygens (including phenoxy) is 1. The van der Waals surface area contributed by atoms with Gasteiger partial charge < -0.3 is 20.3 Å². The Labute approximate surface area is 191 Å². The van der Waals surface area contributed by atoms with Crippen LogP contribution in [0.1, 0.15) is 10.4 Å². The number of benzene rings is 3. The normalized spacial score (nSPS) is 10.5. The lowest BCUT2D eigenvalue weighted by Gasteiger charge is -2.13. The number of hydrogen-bond acceptors (Lipinski definition) is 8. The molecule has 1 amide bonds. The van der Waals surface area contributed by atoms with Crippen molar-refractivity contribution in [1.29, 1.82) is 0 Å². The van der Waals surface area contributed by atoms with E-state index in [2.05, 4.69) is 25.9 Å². The average molecular weight is 463 g/mol. The molecule has 10 nitrogen and oxygen atoms in total. The second kappa shape index (κ2) is 9.83. The number of aromatic amines is 1. The number of tetrazole rings is 1. The Balaban J connectivity index is 1.55. The van der Waals surface area contributed by atoms with Gasteiger partial charge in [-0.3, -0.25) is 4.79 Å². The monoisotopic (exact) mass is 463 g/mol. The lowest BCUT2D eigenvalue weighted by Crippen LogP contribution is -2.13. The van der Waals surface area contributed by atoms with Crippen LogP contribution in [0.5, 0.6) is 11.5 Å². The number of H-pyrrole nitrogens is 1. The number of carbonyl (C=O) groups excluding carboxylic acids is 1. The van der Waals surface area contributed by atoms with Gasteiger partial charge in [0.25, 0.3) is 5.91 Å². The third-order valence-electron chi connectivity index (χ3n) is 4.39. The van der Waals surface area contributed by atoms with E-state index in [4.69, 9.17) is 9.84 Å². The number of carbonyl (C=O) groups is 2. The van der Waals surface area contributed by atoms with Crippen LogP contribution < -0.4 is 10.1 Å². The van der Waals surface area contributed by atoms with Crippen LogP contribution in [-0.2, 0) is 4.79 Å². The summed E-state index contributed by atoms with van der Waals surface area (Å²) in [6.45, 7) is -0.467. The van der Waals surface area contributed by atoms with Gasteiger partial charge in [-0.15, -0.1) is 10.2 Å². The Morgan fingerprint density at radius 2 is 1.82 bits per heavy atom. The molecule has 4 rings (SSSR count). The van der Waals surface area contributed by atoms with Gasteiger partial charge in [0.05, 0.1) is 5.69 Å². The Morgan fingerprint density at radius 1 is 1.03 bits per heavy atom. The van der Waals surface area contributed by atoms with Gasteiger partial charge >= 0.3 is 5.97 Å². The summed E-state index contributed by atoms with van der Waals surface area (Å²) < 4.78 is 5.08. The van der Waals surface area contributed by atoms with Crippen molar-refractivity contribution < 1.29 is 24.5 Å². The van der Waals surface area contributed by atoms with E-state index in [1.54, 1.807) is 12.1 Å². The molecule has 1 aromatic heterocycles. The van der Waals surface area contributed by atoms with Crippen molar-refractivity contribution in [3.05, 3.63) is 72.3 Å². The van der Waals surface area contributed by atoms with E-state index in [0.29, 0.717) is 27.7 Å². The molecule has 4 N–H and O–H groups in total. The molecule has 166 valence electrons. The van der Waals surface area contributed by atoms with Crippen LogP contribution in [-0.4, -0.2) is 49.3 Å².